The molecular formula is C22H28F3N3O3. The third-order valence-corrected chi connectivity index (χ3v) is 6.00. The van der Waals surface area contributed by atoms with Gasteiger partial charge < -0.3 is 15.5 Å². The third-order valence-electron chi connectivity index (χ3n) is 6.00. The van der Waals surface area contributed by atoms with Gasteiger partial charge in [-0.25, -0.2) is 0 Å². The molecule has 2 fully saturated rings. The molecule has 0 saturated carbocycles. The van der Waals surface area contributed by atoms with Gasteiger partial charge in [-0.05, 0) is 49.3 Å². The van der Waals surface area contributed by atoms with Crippen LogP contribution in [0.5, 0.6) is 0 Å². The molecule has 2 heterocycles. The van der Waals surface area contributed by atoms with E-state index in [1.54, 1.807) is 6.07 Å². The van der Waals surface area contributed by atoms with Crippen LogP contribution < -0.4 is 10.6 Å². The summed E-state index contributed by atoms with van der Waals surface area (Å²) in [6.45, 7) is 1.36. The number of alkyl halides is 3. The number of nitrogens with one attached hydrogen (secondary N) is 2. The highest BCUT2D eigenvalue weighted by Crippen LogP contribution is 2.29. The van der Waals surface area contributed by atoms with E-state index in [9.17, 15) is 27.6 Å². The largest absolute Gasteiger partial charge is 0.416 e. The summed E-state index contributed by atoms with van der Waals surface area (Å²) in [5.41, 5.74) is -0.315. The van der Waals surface area contributed by atoms with Crippen LogP contribution in [0.15, 0.2) is 24.3 Å². The number of halogens is 3. The normalized spacial score (nSPS) is 19.9. The highest BCUT2D eigenvalue weighted by molar-refractivity contribution is 5.82. The molecule has 0 unspecified atom stereocenters. The van der Waals surface area contributed by atoms with Gasteiger partial charge in [0, 0.05) is 44.9 Å². The second-order valence-electron chi connectivity index (χ2n) is 8.34. The first-order valence-corrected chi connectivity index (χ1v) is 10.7. The fourth-order valence-electron chi connectivity index (χ4n) is 4.12. The van der Waals surface area contributed by atoms with E-state index in [-0.39, 0.29) is 30.3 Å². The molecule has 31 heavy (non-hydrogen) atoms. The highest BCUT2D eigenvalue weighted by atomic mass is 19.4. The Morgan fingerprint density at radius 2 is 1.90 bits per heavy atom. The summed E-state index contributed by atoms with van der Waals surface area (Å²) in [5, 5.41) is 5.50. The summed E-state index contributed by atoms with van der Waals surface area (Å²) >= 11 is 0. The number of hydrogen-bond acceptors (Lipinski definition) is 3. The number of carbonyl (C=O) groups is 3. The van der Waals surface area contributed by atoms with Crippen LogP contribution in [0.2, 0.25) is 0 Å². The van der Waals surface area contributed by atoms with E-state index in [1.807, 2.05) is 4.90 Å². The first-order valence-electron chi connectivity index (χ1n) is 10.7. The summed E-state index contributed by atoms with van der Waals surface area (Å²) < 4.78 is 38.3. The number of carbonyl (C=O) groups excluding carboxylic acids is 3. The number of benzene rings is 1. The summed E-state index contributed by atoms with van der Waals surface area (Å²) in [6.07, 6.45) is -0.226. The average molecular weight is 439 g/mol. The number of amides is 3. The number of piperidine rings is 1. The molecule has 2 saturated heterocycles. The van der Waals surface area contributed by atoms with E-state index < -0.39 is 11.7 Å². The zero-order valence-electron chi connectivity index (χ0n) is 17.3. The van der Waals surface area contributed by atoms with Gasteiger partial charge in [-0.2, -0.15) is 13.2 Å². The van der Waals surface area contributed by atoms with Crippen molar-refractivity contribution in [3.63, 3.8) is 0 Å². The Kier molecular flexibility index (Phi) is 7.56. The van der Waals surface area contributed by atoms with Crippen LogP contribution in [0, 0.1) is 5.92 Å². The van der Waals surface area contributed by atoms with Gasteiger partial charge in [0.25, 0.3) is 0 Å². The zero-order valence-corrected chi connectivity index (χ0v) is 17.3. The van der Waals surface area contributed by atoms with Crippen molar-refractivity contribution in [2.45, 2.75) is 63.7 Å². The lowest BCUT2D eigenvalue weighted by atomic mass is 9.91. The van der Waals surface area contributed by atoms with Crippen molar-refractivity contribution in [2.24, 2.45) is 5.92 Å². The lowest BCUT2D eigenvalue weighted by Gasteiger charge is -2.32. The van der Waals surface area contributed by atoms with Gasteiger partial charge in [-0.3, -0.25) is 14.4 Å². The summed E-state index contributed by atoms with van der Waals surface area (Å²) in [4.78, 5) is 37.6. The maximum absolute atomic E-state index is 12.8. The van der Waals surface area contributed by atoms with E-state index in [0.717, 1.165) is 25.0 Å². The molecule has 3 rings (SSSR count). The Balaban J connectivity index is 1.33. The Bertz CT molecular complexity index is 805. The molecule has 0 aliphatic carbocycles. The van der Waals surface area contributed by atoms with Gasteiger partial charge in [0.15, 0.2) is 0 Å². The van der Waals surface area contributed by atoms with Crippen molar-refractivity contribution in [2.75, 3.05) is 13.1 Å². The lowest BCUT2D eigenvalue weighted by molar-refractivity contribution is -0.137. The second-order valence-corrected chi connectivity index (χ2v) is 8.34. The van der Waals surface area contributed by atoms with Crippen molar-refractivity contribution in [3.8, 4) is 0 Å². The first kappa shape index (κ1) is 23.1. The highest BCUT2D eigenvalue weighted by Gasteiger charge is 2.30. The molecular weight excluding hydrogens is 411 g/mol. The topological polar surface area (TPSA) is 78.5 Å². The van der Waals surface area contributed by atoms with Crippen molar-refractivity contribution < 1.29 is 27.6 Å². The minimum atomic E-state index is -4.40. The fourth-order valence-corrected chi connectivity index (χ4v) is 4.12. The molecule has 0 aromatic heterocycles. The number of hydrogen-bond donors (Lipinski definition) is 2. The molecule has 0 radical (unpaired) electrons. The van der Waals surface area contributed by atoms with Crippen LogP contribution in [0.1, 0.15) is 56.1 Å². The molecule has 2 N–H and O–H groups in total. The molecule has 1 atom stereocenters. The van der Waals surface area contributed by atoms with Crippen molar-refractivity contribution >= 4 is 17.7 Å². The van der Waals surface area contributed by atoms with Crippen LogP contribution in [-0.2, 0) is 27.1 Å². The van der Waals surface area contributed by atoms with Gasteiger partial charge in [0.2, 0.25) is 17.7 Å². The van der Waals surface area contributed by atoms with Gasteiger partial charge in [0.05, 0.1) is 5.56 Å². The molecule has 0 bridgehead atoms. The predicted octanol–water partition coefficient (Wildman–Crippen LogP) is 3.01. The van der Waals surface area contributed by atoms with Crippen molar-refractivity contribution in [1.29, 1.82) is 0 Å². The van der Waals surface area contributed by atoms with E-state index >= 15 is 0 Å². The molecule has 0 spiro atoms. The van der Waals surface area contributed by atoms with Crippen molar-refractivity contribution in [1.82, 2.24) is 15.5 Å². The van der Waals surface area contributed by atoms with Gasteiger partial charge in [-0.15, -0.1) is 0 Å². The van der Waals surface area contributed by atoms with Crippen LogP contribution in [0.3, 0.4) is 0 Å². The van der Waals surface area contributed by atoms with E-state index in [1.165, 1.54) is 6.07 Å². The van der Waals surface area contributed by atoms with Gasteiger partial charge in [0.1, 0.15) is 0 Å². The van der Waals surface area contributed by atoms with Crippen LogP contribution in [0.4, 0.5) is 13.2 Å². The minimum Gasteiger partial charge on any atom is -0.353 e. The minimum absolute atomic E-state index is 0.00263. The summed E-state index contributed by atoms with van der Waals surface area (Å²) in [6, 6.07) is 4.88. The van der Waals surface area contributed by atoms with Gasteiger partial charge >= 0.3 is 6.18 Å². The second kappa shape index (κ2) is 10.2. The zero-order chi connectivity index (χ0) is 22.4. The number of nitrogens with zero attached hydrogens (tertiary/aromatic N) is 1. The summed E-state index contributed by atoms with van der Waals surface area (Å²) in [5.74, 6) is 0.217. The lowest BCUT2D eigenvalue weighted by Crippen LogP contribution is -2.41. The maximum atomic E-state index is 12.8. The Hall–Kier alpha value is -2.58. The number of likely N-dealkylation sites (tertiary alicyclic amines) is 1. The molecule has 3 amide bonds. The third kappa shape index (κ3) is 6.97. The van der Waals surface area contributed by atoms with Crippen LogP contribution in [-0.4, -0.2) is 41.8 Å². The standard InChI is InChI=1S/C22H28F3N3O3/c23-22(24,25)17-3-1-2-16(12-17)14-26-19(29)6-4-15-8-10-28(11-9-15)21(31)13-18-5-7-20(30)27-18/h1-3,12,15,18H,4-11,13-14H2,(H,26,29)(H,27,30)/t18-/m0/s1. The molecule has 2 aliphatic heterocycles. The van der Waals surface area contributed by atoms with Crippen LogP contribution >= 0.6 is 0 Å². The number of rotatable bonds is 7. The molecule has 9 heteroatoms. The maximum Gasteiger partial charge on any atom is 0.416 e. The Morgan fingerprint density at radius 3 is 2.55 bits per heavy atom. The van der Waals surface area contributed by atoms with E-state index in [0.29, 0.717) is 56.7 Å². The quantitative estimate of drug-likeness (QED) is 0.686. The summed E-state index contributed by atoms with van der Waals surface area (Å²) in [7, 11) is 0. The Labute approximate surface area is 179 Å². The Morgan fingerprint density at radius 1 is 1.16 bits per heavy atom. The molecule has 170 valence electrons. The molecule has 1 aromatic carbocycles. The fraction of sp³-hybridized carbons (Fsp3) is 0.591. The monoisotopic (exact) mass is 439 g/mol. The molecule has 2 aliphatic rings. The molecule has 6 nitrogen and oxygen atoms in total. The molecule has 1 aromatic rings. The predicted molar refractivity (Wildman–Crippen MR) is 108 cm³/mol. The smallest absolute Gasteiger partial charge is 0.353 e. The SMILES string of the molecule is O=C(CCC1CCN(C(=O)C[C@@H]2CCC(=O)N2)CC1)NCc1cccc(C(F)(F)F)c1. The average Bonchev–Trinajstić information content (AvgIpc) is 3.15. The first-order chi connectivity index (χ1) is 14.7. The van der Waals surface area contributed by atoms with Crippen molar-refractivity contribution in [3.05, 3.63) is 35.4 Å². The van der Waals surface area contributed by atoms with E-state index in [2.05, 4.69) is 10.6 Å². The van der Waals surface area contributed by atoms with E-state index in [4.69, 9.17) is 0 Å². The van der Waals surface area contributed by atoms with Gasteiger partial charge in [-0.1, -0.05) is 12.1 Å². The van der Waals surface area contributed by atoms with Crippen LogP contribution in [0.25, 0.3) is 0 Å².